The lowest BCUT2D eigenvalue weighted by Crippen LogP contribution is -2.27. The molecule has 0 aliphatic heterocycles. The molecule has 1 aromatic heterocycles. The van der Waals surface area contributed by atoms with Gasteiger partial charge in [0.1, 0.15) is 5.69 Å². The third-order valence-electron chi connectivity index (χ3n) is 3.18. The van der Waals surface area contributed by atoms with Gasteiger partial charge in [0, 0.05) is 12.2 Å². The van der Waals surface area contributed by atoms with Gasteiger partial charge in [-0.05, 0) is 55.2 Å². The topological polar surface area (TPSA) is 54.0 Å². The minimum Gasteiger partial charge on any atom is -0.354 e. The van der Waals surface area contributed by atoms with Crippen LogP contribution in [0.25, 0.3) is 0 Å². The first-order chi connectivity index (χ1) is 10.4. The molecule has 0 saturated carbocycles. The van der Waals surface area contributed by atoms with E-state index in [9.17, 15) is 4.79 Å². The summed E-state index contributed by atoms with van der Waals surface area (Å²) in [6, 6.07) is 9.90. The lowest BCUT2D eigenvalue weighted by molar-refractivity contribution is 0.0944. The summed E-state index contributed by atoms with van der Waals surface area (Å²) in [6.45, 7) is 8.91. The number of nitrogens with one attached hydrogen (secondary N) is 2. The second-order valence-corrected chi connectivity index (χ2v) is 6.04. The van der Waals surface area contributed by atoms with E-state index in [1.165, 1.54) is 11.1 Å². The van der Waals surface area contributed by atoms with Crippen LogP contribution in [0.15, 0.2) is 36.5 Å². The number of pyridine rings is 1. The number of benzene rings is 1. The smallest absolute Gasteiger partial charge is 0.269 e. The molecule has 0 unspecified atom stereocenters. The SMILES string of the molecule is Cc1cc(C)cc(Nc2ccc(C(=O)NCC(C)C)nc2)c1. The second-order valence-electron chi connectivity index (χ2n) is 6.04. The Morgan fingerprint density at radius 2 is 1.77 bits per heavy atom. The first-order valence-corrected chi connectivity index (χ1v) is 7.53. The van der Waals surface area contributed by atoms with Crippen molar-refractivity contribution in [3.8, 4) is 0 Å². The molecule has 0 fully saturated rings. The van der Waals surface area contributed by atoms with Crippen LogP contribution in [0.2, 0.25) is 0 Å². The molecule has 0 bridgehead atoms. The average Bonchev–Trinajstić information content (AvgIpc) is 2.44. The standard InChI is InChI=1S/C18H23N3O/c1-12(2)10-20-18(22)17-6-5-15(11-19-17)21-16-8-13(3)7-14(4)9-16/h5-9,11-12,21H,10H2,1-4H3,(H,20,22). The maximum absolute atomic E-state index is 11.9. The molecule has 0 saturated heterocycles. The summed E-state index contributed by atoms with van der Waals surface area (Å²) in [4.78, 5) is 16.1. The van der Waals surface area contributed by atoms with E-state index in [4.69, 9.17) is 0 Å². The number of carbonyl (C=O) groups excluding carboxylic acids is 1. The highest BCUT2D eigenvalue weighted by molar-refractivity contribution is 5.92. The van der Waals surface area contributed by atoms with Gasteiger partial charge < -0.3 is 10.6 Å². The number of aryl methyl sites for hydroxylation is 2. The van der Waals surface area contributed by atoms with E-state index in [0.717, 1.165) is 11.4 Å². The van der Waals surface area contributed by atoms with Crippen molar-refractivity contribution < 1.29 is 4.79 Å². The van der Waals surface area contributed by atoms with E-state index < -0.39 is 0 Å². The zero-order valence-corrected chi connectivity index (χ0v) is 13.6. The van der Waals surface area contributed by atoms with Gasteiger partial charge in [-0.1, -0.05) is 19.9 Å². The molecule has 0 spiro atoms. The number of aromatic nitrogens is 1. The highest BCUT2D eigenvalue weighted by atomic mass is 16.1. The predicted molar refractivity (Wildman–Crippen MR) is 90.6 cm³/mol. The van der Waals surface area contributed by atoms with Crippen LogP contribution in [0, 0.1) is 19.8 Å². The quantitative estimate of drug-likeness (QED) is 0.882. The van der Waals surface area contributed by atoms with E-state index in [-0.39, 0.29) is 5.91 Å². The van der Waals surface area contributed by atoms with Gasteiger partial charge in [-0.2, -0.15) is 0 Å². The first kappa shape index (κ1) is 16.0. The fourth-order valence-corrected chi connectivity index (χ4v) is 2.20. The van der Waals surface area contributed by atoms with Gasteiger partial charge in [0.15, 0.2) is 0 Å². The molecule has 1 aromatic carbocycles. The van der Waals surface area contributed by atoms with Crippen molar-refractivity contribution in [2.75, 3.05) is 11.9 Å². The molecule has 2 N–H and O–H groups in total. The average molecular weight is 297 g/mol. The molecule has 4 heteroatoms. The highest BCUT2D eigenvalue weighted by Crippen LogP contribution is 2.19. The maximum atomic E-state index is 11.9. The van der Waals surface area contributed by atoms with Crippen LogP contribution in [0.1, 0.15) is 35.5 Å². The van der Waals surface area contributed by atoms with Crippen molar-refractivity contribution >= 4 is 17.3 Å². The molecule has 0 atom stereocenters. The number of carbonyl (C=O) groups is 1. The Bertz CT molecular complexity index is 628. The van der Waals surface area contributed by atoms with Crippen molar-refractivity contribution in [3.05, 3.63) is 53.3 Å². The van der Waals surface area contributed by atoms with Gasteiger partial charge in [0.2, 0.25) is 0 Å². The summed E-state index contributed by atoms with van der Waals surface area (Å²) >= 11 is 0. The molecule has 2 aromatic rings. The molecule has 4 nitrogen and oxygen atoms in total. The van der Waals surface area contributed by atoms with Crippen LogP contribution in [0.3, 0.4) is 0 Å². The molecular formula is C18H23N3O. The summed E-state index contributed by atoms with van der Waals surface area (Å²) in [6.07, 6.45) is 1.68. The first-order valence-electron chi connectivity index (χ1n) is 7.53. The van der Waals surface area contributed by atoms with Gasteiger partial charge in [-0.3, -0.25) is 4.79 Å². The monoisotopic (exact) mass is 297 g/mol. The van der Waals surface area contributed by atoms with Gasteiger partial charge in [-0.15, -0.1) is 0 Å². The summed E-state index contributed by atoms with van der Waals surface area (Å²) in [7, 11) is 0. The Labute approximate surface area is 132 Å². The Hall–Kier alpha value is -2.36. The largest absolute Gasteiger partial charge is 0.354 e. The maximum Gasteiger partial charge on any atom is 0.269 e. The lowest BCUT2D eigenvalue weighted by Gasteiger charge is -2.10. The van der Waals surface area contributed by atoms with Gasteiger partial charge in [0.25, 0.3) is 5.91 Å². The zero-order valence-electron chi connectivity index (χ0n) is 13.6. The summed E-state index contributed by atoms with van der Waals surface area (Å²) in [5.74, 6) is 0.293. The summed E-state index contributed by atoms with van der Waals surface area (Å²) in [5, 5.41) is 6.17. The van der Waals surface area contributed by atoms with Gasteiger partial charge in [-0.25, -0.2) is 4.98 Å². The number of hydrogen-bond donors (Lipinski definition) is 2. The van der Waals surface area contributed by atoms with Crippen LogP contribution in [0.4, 0.5) is 11.4 Å². The zero-order chi connectivity index (χ0) is 16.1. The number of anilines is 2. The second kappa shape index (κ2) is 7.07. The van der Waals surface area contributed by atoms with Crippen molar-refractivity contribution in [1.29, 1.82) is 0 Å². The van der Waals surface area contributed by atoms with Crippen LogP contribution >= 0.6 is 0 Å². The van der Waals surface area contributed by atoms with Crippen LogP contribution in [0.5, 0.6) is 0 Å². The van der Waals surface area contributed by atoms with Crippen LogP contribution in [-0.4, -0.2) is 17.4 Å². The molecule has 2 rings (SSSR count). The fraction of sp³-hybridized carbons (Fsp3) is 0.333. The molecule has 1 amide bonds. The van der Waals surface area contributed by atoms with Gasteiger partial charge in [0.05, 0.1) is 11.9 Å². The van der Waals surface area contributed by atoms with Crippen LogP contribution in [-0.2, 0) is 0 Å². The van der Waals surface area contributed by atoms with Crippen molar-refractivity contribution in [2.45, 2.75) is 27.7 Å². The number of rotatable bonds is 5. The van der Waals surface area contributed by atoms with E-state index in [1.807, 2.05) is 6.07 Å². The molecule has 0 radical (unpaired) electrons. The Kier molecular flexibility index (Phi) is 5.15. The third-order valence-corrected chi connectivity index (χ3v) is 3.18. The van der Waals surface area contributed by atoms with Crippen LogP contribution < -0.4 is 10.6 Å². The Morgan fingerprint density at radius 3 is 2.32 bits per heavy atom. The number of hydrogen-bond acceptors (Lipinski definition) is 3. The van der Waals surface area contributed by atoms with Gasteiger partial charge >= 0.3 is 0 Å². The minimum atomic E-state index is -0.133. The summed E-state index contributed by atoms with van der Waals surface area (Å²) in [5.41, 5.74) is 4.74. The highest BCUT2D eigenvalue weighted by Gasteiger charge is 2.07. The predicted octanol–water partition coefficient (Wildman–Crippen LogP) is 3.83. The minimum absolute atomic E-state index is 0.133. The molecule has 0 aliphatic rings. The molecule has 22 heavy (non-hydrogen) atoms. The van der Waals surface area contributed by atoms with E-state index in [0.29, 0.717) is 18.2 Å². The third kappa shape index (κ3) is 4.58. The van der Waals surface area contributed by atoms with E-state index in [1.54, 1.807) is 12.3 Å². The molecule has 116 valence electrons. The molecule has 0 aliphatic carbocycles. The van der Waals surface area contributed by atoms with E-state index in [2.05, 4.69) is 61.5 Å². The molecular weight excluding hydrogens is 274 g/mol. The van der Waals surface area contributed by atoms with E-state index >= 15 is 0 Å². The van der Waals surface area contributed by atoms with Crippen molar-refractivity contribution in [1.82, 2.24) is 10.3 Å². The summed E-state index contributed by atoms with van der Waals surface area (Å²) < 4.78 is 0. The number of nitrogens with zero attached hydrogens (tertiary/aromatic N) is 1. The fourth-order valence-electron chi connectivity index (χ4n) is 2.20. The normalized spacial score (nSPS) is 10.6. The van der Waals surface area contributed by atoms with Crippen molar-refractivity contribution in [3.63, 3.8) is 0 Å². The Morgan fingerprint density at radius 1 is 1.09 bits per heavy atom. The molecule has 1 heterocycles. The Balaban J connectivity index is 2.04. The lowest BCUT2D eigenvalue weighted by atomic mass is 10.1. The number of amides is 1. The van der Waals surface area contributed by atoms with Crippen molar-refractivity contribution in [2.24, 2.45) is 5.92 Å².